The monoisotopic (exact) mass is 216 g/mol. The zero-order valence-corrected chi connectivity index (χ0v) is 8.73. The highest BCUT2D eigenvalue weighted by molar-refractivity contribution is 5.92. The number of aliphatic hydroxyl groups excluding tert-OH is 1. The van der Waals surface area contributed by atoms with E-state index in [9.17, 15) is 14.7 Å². The Hall–Kier alpha value is -1.14. The summed E-state index contributed by atoms with van der Waals surface area (Å²) in [6.07, 6.45) is 0.518. The number of ether oxygens (including phenoxy) is 1. The van der Waals surface area contributed by atoms with Gasteiger partial charge in [-0.05, 0) is 19.4 Å². The lowest BCUT2D eigenvalue weighted by atomic mass is 10.1. The van der Waals surface area contributed by atoms with Crippen LogP contribution in [0.1, 0.15) is 12.8 Å². The van der Waals surface area contributed by atoms with Crippen molar-refractivity contribution in [2.75, 3.05) is 26.7 Å². The highest BCUT2D eigenvalue weighted by Gasteiger charge is 2.20. The lowest BCUT2D eigenvalue weighted by Crippen LogP contribution is -2.45. The maximum atomic E-state index is 11.3. The first kappa shape index (κ1) is 11.9. The van der Waals surface area contributed by atoms with Gasteiger partial charge in [0.2, 0.25) is 5.91 Å². The SMILES string of the molecule is COC(=O)NC(=O)CN1CCC[C@H](O)C1. The van der Waals surface area contributed by atoms with Crippen LogP contribution in [0.15, 0.2) is 0 Å². The molecule has 0 aromatic carbocycles. The van der Waals surface area contributed by atoms with Crippen LogP contribution >= 0.6 is 0 Å². The predicted molar refractivity (Wildman–Crippen MR) is 52.2 cm³/mol. The molecule has 6 heteroatoms. The van der Waals surface area contributed by atoms with E-state index in [0.29, 0.717) is 6.54 Å². The minimum Gasteiger partial charge on any atom is -0.453 e. The molecule has 0 unspecified atom stereocenters. The minimum atomic E-state index is -0.752. The molecule has 1 heterocycles. The molecule has 86 valence electrons. The largest absolute Gasteiger partial charge is 0.453 e. The van der Waals surface area contributed by atoms with Crippen LogP contribution in [0.5, 0.6) is 0 Å². The Labute approximate surface area is 88.2 Å². The maximum absolute atomic E-state index is 11.3. The summed E-state index contributed by atoms with van der Waals surface area (Å²) in [4.78, 5) is 23.8. The molecule has 1 aliphatic rings. The van der Waals surface area contributed by atoms with Crippen LogP contribution in [-0.4, -0.2) is 54.9 Å². The second kappa shape index (κ2) is 5.67. The smallest absolute Gasteiger partial charge is 0.413 e. The van der Waals surface area contributed by atoms with Crippen molar-refractivity contribution in [3.05, 3.63) is 0 Å². The van der Waals surface area contributed by atoms with Gasteiger partial charge in [0.1, 0.15) is 0 Å². The first-order valence-corrected chi connectivity index (χ1v) is 4.90. The Kier molecular flexibility index (Phi) is 4.51. The van der Waals surface area contributed by atoms with Gasteiger partial charge in [0, 0.05) is 6.54 Å². The normalized spacial score (nSPS) is 22.1. The number of rotatable bonds is 2. The number of nitrogens with zero attached hydrogens (tertiary/aromatic N) is 1. The number of amides is 2. The van der Waals surface area contributed by atoms with Crippen LogP contribution in [0.3, 0.4) is 0 Å². The molecular weight excluding hydrogens is 200 g/mol. The summed E-state index contributed by atoms with van der Waals surface area (Å²) in [6.45, 7) is 1.37. The van der Waals surface area contributed by atoms with Crippen molar-refractivity contribution in [2.24, 2.45) is 0 Å². The van der Waals surface area contributed by atoms with Crippen molar-refractivity contribution in [3.63, 3.8) is 0 Å². The Morgan fingerprint density at radius 2 is 2.33 bits per heavy atom. The Morgan fingerprint density at radius 1 is 1.60 bits per heavy atom. The van der Waals surface area contributed by atoms with Crippen molar-refractivity contribution in [1.29, 1.82) is 0 Å². The van der Waals surface area contributed by atoms with E-state index < -0.39 is 12.0 Å². The van der Waals surface area contributed by atoms with E-state index in [4.69, 9.17) is 0 Å². The van der Waals surface area contributed by atoms with E-state index in [2.05, 4.69) is 10.1 Å². The second-order valence-electron chi connectivity index (χ2n) is 3.57. The van der Waals surface area contributed by atoms with Gasteiger partial charge in [-0.1, -0.05) is 0 Å². The first-order valence-electron chi connectivity index (χ1n) is 4.90. The van der Waals surface area contributed by atoms with Crippen LogP contribution in [0.25, 0.3) is 0 Å². The standard InChI is InChI=1S/C9H16N2O4/c1-15-9(14)10-8(13)6-11-4-2-3-7(12)5-11/h7,12H,2-6H2,1H3,(H,10,13,14)/t7-/m0/s1. The Bertz CT molecular complexity index is 244. The molecule has 2 amide bonds. The van der Waals surface area contributed by atoms with Gasteiger partial charge in [0.15, 0.2) is 0 Å². The molecule has 1 saturated heterocycles. The molecule has 6 nitrogen and oxygen atoms in total. The minimum absolute atomic E-state index is 0.117. The van der Waals surface area contributed by atoms with Gasteiger partial charge in [0.25, 0.3) is 0 Å². The summed E-state index contributed by atoms with van der Waals surface area (Å²) in [6, 6.07) is 0. The van der Waals surface area contributed by atoms with E-state index in [1.807, 2.05) is 4.90 Å². The number of nitrogens with one attached hydrogen (secondary N) is 1. The van der Waals surface area contributed by atoms with Crippen molar-refractivity contribution < 1.29 is 19.4 Å². The van der Waals surface area contributed by atoms with Gasteiger partial charge in [-0.15, -0.1) is 0 Å². The van der Waals surface area contributed by atoms with Crippen LogP contribution in [0.4, 0.5) is 4.79 Å². The molecular formula is C9H16N2O4. The van der Waals surface area contributed by atoms with Gasteiger partial charge in [0.05, 0.1) is 19.8 Å². The highest BCUT2D eigenvalue weighted by atomic mass is 16.5. The summed E-state index contributed by atoms with van der Waals surface area (Å²) in [5.41, 5.74) is 0. The lowest BCUT2D eigenvalue weighted by Gasteiger charge is -2.28. The number of β-amino-alcohol motifs (C(OH)–C–C–N with tert-alkyl or cyclic N) is 1. The van der Waals surface area contributed by atoms with E-state index in [0.717, 1.165) is 19.4 Å². The van der Waals surface area contributed by atoms with E-state index in [1.165, 1.54) is 7.11 Å². The van der Waals surface area contributed by atoms with Gasteiger partial charge < -0.3 is 9.84 Å². The fourth-order valence-electron chi connectivity index (χ4n) is 1.58. The molecule has 0 aliphatic carbocycles. The van der Waals surface area contributed by atoms with Crippen molar-refractivity contribution in [3.8, 4) is 0 Å². The summed E-state index contributed by atoms with van der Waals surface area (Å²) in [5, 5.41) is 11.4. The lowest BCUT2D eigenvalue weighted by molar-refractivity contribution is -0.122. The Morgan fingerprint density at radius 3 is 2.93 bits per heavy atom. The second-order valence-corrected chi connectivity index (χ2v) is 3.57. The number of methoxy groups -OCH3 is 1. The van der Waals surface area contributed by atoms with Crippen LogP contribution in [0, 0.1) is 0 Å². The molecule has 0 radical (unpaired) electrons. The number of hydrogen-bond acceptors (Lipinski definition) is 5. The van der Waals surface area contributed by atoms with Gasteiger partial charge >= 0.3 is 6.09 Å². The summed E-state index contributed by atoms with van der Waals surface area (Å²) >= 11 is 0. The number of aliphatic hydroxyl groups is 1. The molecule has 0 aromatic rings. The Balaban J connectivity index is 2.27. The molecule has 0 spiro atoms. The average molecular weight is 216 g/mol. The number of carbonyl (C=O) groups excluding carboxylic acids is 2. The molecule has 0 saturated carbocycles. The fraction of sp³-hybridized carbons (Fsp3) is 0.778. The van der Waals surface area contributed by atoms with E-state index in [1.54, 1.807) is 0 Å². The molecule has 0 aromatic heterocycles. The maximum Gasteiger partial charge on any atom is 0.413 e. The number of hydrogen-bond donors (Lipinski definition) is 2. The summed E-state index contributed by atoms with van der Waals surface area (Å²) < 4.78 is 4.29. The number of carbonyl (C=O) groups is 2. The third-order valence-electron chi connectivity index (χ3n) is 2.27. The predicted octanol–water partition coefficient (Wildman–Crippen LogP) is -0.674. The molecule has 1 aliphatic heterocycles. The summed E-state index contributed by atoms with van der Waals surface area (Å²) in [7, 11) is 1.20. The number of likely N-dealkylation sites (tertiary alicyclic amines) is 1. The molecule has 1 atom stereocenters. The topological polar surface area (TPSA) is 78.9 Å². The van der Waals surface area contributed by atoms with E-state index >= 15 is 0 Å². The van der Waals surface area contributed by atoms with E-state index in [-0.39, 0.29) is 12.6 Å². The molecule has 2 N–H and O–H groups in total. The molecule has 1 fully saturated rings. The van der Waals surface area contributed by atoms with Gasteiger partial charge in [-0.2, -0.15) is 0 Å². The summed E-state index contributed by atoms with van der Waals surface area (Å²) in [5.74, 6) is -0.407. The van der Waals surface area contributed by atoms with Crippen LogP contribution < -0.4 is 5.32 Å². The first-order chi connectivity index (χ1) is 7.11. The third-order valence-corrected chi connectivity index (χ3v) is 2.27. The van der Waals surface area contributed by atoms with Crippen molar-refractivity contribution in [2.45, 2.75) is 18.9 Å². The average Bonchev–Trinajstić information content (AvgIpc) is 2.17. The van der Waals surface area contributed by atoms with Gasteiger partial charge in [-0.3, -0.25) is 15.0 Å². The molecule has 1 rings (SSSR count). The van der Waals surface area contributed by atoms with Crippen molar-refractivity contribution in [1.82, 2.24) is 10.2 Å². The number of piperidine rings is 1. The number of imide groups is 1. The zero-order valence-electron chi connectivity index (χ0n) is 8.73. The van der Waals surface area contributed by atoms with Crippen LogP contribution in [0.2, 0.25) is 0 Å². The fourth-order valence-corrected chi connectivity index (χ4v) is 1.58. The molecule has 15 heavy (non-hydrogen) atoms. The quantitative estimate of drug-likeness (QED) is 0.639. The van der Waals surface area contributed by atoms with Crippen molar-refractivity contribution >= 4 is 12.0 Å². The number of alkyl carbamates (subject to hydrolysis) is 1. The van der Waals surface area contributed by atoms with Gasteiger partial charge in [-0.25, -0.2) is 4.79 Å². The third kappa shape index (κ3) is 4.26. The zero-order chi connectivity index (χ0) is 11.3. The highest BCUT2D eigenvalue weighted by Crippen LogP contribution is 2.08. The van der Waals surface area contributed by atoms with Crippen LogP contribution in [-0.2, 0) is 9.53 Å². The molecule has 0 bridgehead atoms.